The molecule has 1 saturated carbocycles. The molecule has 1 fully saturated rings. The predicted molar refractivity (Wildman–Crippen MR) is 93.5 cm³/mol. The number of ether oxygens (including phenoxy) is 1. The Morgan fingerprint density at radius 2 is 2.11 bits per heavy atom. The van der Waals surface area contributed by atoms with E-state index in [2.05, 4.69) is 15.4 Å². The summed E-state index contributed by atoms with van der Waals surface area (Å²) in [6, 6.07) is 1.97. The van der Waals surface area contributed by atoms with Crippen molar-refractivity contribution in [2.75, 3.05) is 6.61 Å². The zero-order valence-corrected chi connectivity index (χ0v) is 15.0. The molecule has 27 heavy (non-hydrogen) atoms. The van der Waals surface area contributed by atoms with E-state index >= 15 is 0 Å². The van der Waals surface area contributed by atoms with E-state index in [-0.39, 0.29) is 17.6 Å². The van der Waals surface area contributed by atoms with Crippen molar-refractivity contribution in [3.63, 3.8) is 0 Å². The minimum atomic E-state index is -2.58. The predicted octanol–water partition coefficient (Wildman–Crippen LogP) is 2.18. The van der Waals surface area contributed by atoms with Crippen LogP contribution in [0.15, 0.2) is 23.3 Å². The summed E-state index contributed by atoms with van der Waals surface area (Å²) in [5.41, 5.74) is 1.78. The monoisotopic (exact) mass is 379 g/mol. The first-order chi connectivity index (χ1) is 13.1. The molecule has 1 N–H and O–H groups in total. The highest BCUT2D eigenvalue weighted by atomic mass is 19.3. The molecule has 1 aliphatic heterocycles. The first kappa shape index (κ1) is 18.2. The van der Waals surface area contributed by atoms with E-state index in [1.165, 1.54) is 12.4 Å². The second-order valence-corrected chi connectivity index (χ2v) is 7.12. The van der Waals surface area contributed by atoms with Crippen LogP contribution in [0.4, 0.5) is 8.78 Å². The first-order valence-corrected chi connectivity index (χ1v) is 9.34. The molecule has 4 rings (SSSR count). The lowest BCUT2D eigenvalue weighted by Gasteiger charge is -2.30. The SMILES string of the molecule is O=c1cc2c(nn1C1CCC(NCc3nccn3C(F)F)CC1)CCOC2. The molecule has 0 aromatic carbocycles. The van der Waals surface area contributed by atoms with Gasteiger partial charge in [-0.05, 0) is 25.7 Å². The van der Waals surface area contributed by atoms with Crippen LogP contribution in [-0.2, 0) is 24.3 Å². The maximum Gasteiger partial charge on any atom is 0.319 e. The van der Waals surface area contributed by atoms with Gasteiger partial charge >= 0.3 is 6.55 Å². The molecule has 0 saturated heterocycles. The molecule has 0 bridgehead atoms. The average molecular weight is 379 g/mol. The fourth-order valence-corrected chi connectivity index (χ4v) is 3.91. The number of aromatic nitrogens is 4. The van der Waals surface area contributed by atoms with Crippen LogP contribution in [0.1, 0.15) is 55.4 Å². The molecular weight excluding hydrogens is 356 g/mol. The fraction of sp³-hybridized carbons (Fsp3) is 0.611. The van der Waals surface area contributed by atoms with Crippen molar-refractivity contribution in [3.8, 4) is 0 Å². The fourth-order valence-electron chi connectivity index (χ4n) is 3.91. The molecule has 2 aromatic heterocycles. The Balaban J connectivity index is 1.35. The number of hydrogen-bond acceptors (Lipinski definition) is 5. The summed E-state index contributed by atoms with van der Waals surface area (Å²) in [4.78, 5) is 16.4. The smallest absolute Gasteiger partial charge is 0.319 e. The van der Waals surface area contributed by atoms with Gasteiger partial charge in [0, 0.05) is 36.5 Å². The Hall–Kier alpha value is -2.13. The second-order valence-electron chi connectivity index (χ2n) is 7.12. The van der Waals surface area contributed by atoms with Crippen molar-refractivity contribution in [3.05, 3.63) is 45.9 Å². The van der Waals surface area contributed by atoms with Crippen LogP contribution in [0.2, 0.25) is 0 Å². The van der Waals surface area contributed by atoms with Gasteiger partial charge in [-0.2, -0.15) is 13.9 Å². The third kappa shape index (κ3) is 3.93. The summed E-state index contributed by atoms with van der Waals surface area (Å²) >= 11 is 0. The van der Waals surface area contributed by atoms with Crippen LogP contribution in [0.5, 0.6) is 0 Å². The molecule has 0 amide bonds. The molecule has 7 nitrogen and oxygen atoms in total. The van der Waals surface area contributed by atoms with E-state index in [0.717, 1.165) is 47.9 Å². The van der Waals surface area contributed by atoms with Crippen LogP contribution in [0.25, 0.3) is 0 Å². The third-order valence-electron chi connectivity index (χ3n) is 5.41. The van der Waals surface area contributed by atoms with Gasteiger partial charge in [0.2, 0.25) is 0 Å². The van der Waals surface area contributed by atoms with Crippen LogP contribution < -0.4 is 10.9 Å². The number of rotatable bonds is 5. The molecule has 0 unspecified atom stereocenters. The number of nitrogens with zero attached hydrogens (tertiary/aromatic N) is 4. The highest BCUT2D eigenvalue weighted by molar-refractivity contribution is 5.19. The van der Waals surface area contributed by atoms with Gasteiger partial charge in [0.1, 0.15) is 5.82 Å². The van der Waals surface area contributed by atoms with Crippen molar-refractivity contribution >= 4 is 0 Å². The number of fused-ring (bicyclic) bond motifs is 1. The molecule has 9 heteroatoms. The van der Waals surface area contributed by atoms with Gasteiger partial charge in [0.15, 0.2) is 0 Å². The molecule has 0 atom stereocenters. The highest BCUT2D eigenvalue weighted by Crippen LogP contribution is 2.28. The Labute approximate surface area is 155 Å². The standard InChI is InChI=1S/C18H23F2N5O2/c19-18(20)24-7-6-21-16(24)10-22-13-1-3-14(4-2-13)25-17(26)9-12-11-27-8-5-15(12)23-25/h6-7,9,13-14,18,22H,1-5,8,10-11H2. The number of nitrogens with one attached hydrogen (secondary N) is 1. The number of imidazole rings is 1. The lowest BCUT2D eigenvalue weighted by atomic mass is 9.91. The topological polar surface area (TPSA) is 74.0 Å². The average Bonchev–Trinajstić information content (AvgIpc) is 3.15. The Morgan fingerprint density at radius 1 is 1.30 bits per heavy atom. The van der Waals surface area contributed by atoms with E-state index < -0.39 is 6.55 Å². The summed E-state index contributed by atoms with van der Waals surface area (Å²) in [5, 5.41) is 7.90. The highest BCUT2D eigenvalue weighted by Gasteiger charge is 2.25. The molecule has 146 valence electrons. The summed E-state index contributed by atoms with van der Waals surface area (Å²) in [6.07, 6.45) is 6.83. The maximum atomic E-state index is 12.9. The maximum absolute atomic E-state index is 12.9. The summed E-state index contributed by atoms with van der Waals surface area (Å²) in [6.45, 7) is -1.16. The van der Waals surface area contributed by atoms with E-state index in [0.29, 0.717) is 25.6 Å². The van der Waals surface area contributed by atoms with Crippen LogP contribution in [0.3, 0.4) is 0 Å². The van der Waals surface area contributed by atoms with Crippen molar-refractivity contribution in [2.24, 2.45) is 0 Å². The lowest BCUT2D eigenvalue weighted by molar-refractivity contribution is 0.0663. The summed E-state index contributed by atoms with van der Waals surface area (Å²) < 4.78 is 33.6. The van der Waals surface area contributed by atoms with Gasteiger partial charge in [-0.15, -0.1) is 0 Å². The van der Waals surface area contributed by atoms with Gasteiger partial charge in [-0.25, -0.2) is 9.67 Å². The molecule has 2 aliphatic rings. The Kier molecular flexibility index (Phi) is 5.31. The molecule has 3 heterocycles. The van der Waals surface area contributed by atoms with Gasteiger partial charge in [0.05, 0.1) is 31.5 Å². The molecule has 2 aromatic rings. The Morgan fingerprint density at radius 3 is 2.89 bits per heavy atom. The lowest BCUT2D eigenvalue weighted by Crippen LogP contribution is -2.37. The minimum Gasteiger partial charge on any atom is -0.376 e. The number of alkyl halides is 2. The molecular formula is C18H23F2N5O2. The normalized spacial score (nSPS) is 22.8. The quantitative estimate of drug-likeness (QED) is 0.862. The van der Waals surface area contributed by atoms with Gasteiger partial charge < -0.3 is 10.1 Å². The van der Waals surface area contributed by atoms with Crippen molar-refractivity contribution in [2.45, 2.75) is 63.9 Å². The largest absolute Gasteiger partial charge is 0.376 e. The van der Waals surface area contributed by atoms with E-state index in [1.807, 2.05) is 0 Å². The van der Waals surface area contributed by atoms with Crippen molar-refractivity contribution in [1.29, 1.82) is 0 Å². The summed E-state index contributed by atoms with van der Waals surface area (Å²) in [5.74, 6) is 0.335. The van der Waals surface area contributed by atoms with E-state index in [1.54, 1.807) is 10.7 Å². The number of hydrogen-bond donors (Lipinski definition) is 1. The minimum absolute atomic E-state index is 0.0744. The zero-order valence-electron chi connectivity index (χ0n) is 15.0. The summed E-state index contributed by atoms with van der Waals surface area (Å²) in [7, 11) is 0. The van der Waals surface area contributed by atoms with E-state index in [4.69, 9.17) is 4.74 Å². The van der Waals surface area contributed by atoms with Gasteiger partial charge in [0.25, 0.3) is 5.56 Å². The van der Waals surface area contributed by atoms with Gasteiger partial charge in [-0.3, -0.25) is 9.36 Å². The van der Waals surface area contributed by atoms with E-state index in [9.17, 15) is 13.6 Å². The first-order valence-electron chi connectivity index (χ1n) is 9.34. The van der Waals surface area contributed by atoms with Crippen LogP contribution in [-0.4, -0.2) is 32.0 Å². The second kappa shape index (κ2) is 7.85. The molecule has 0 spiro atoms. The zero-order chi connectivity index (χ0) is 18.8. The van der Waals surface area contributed by atoms with Crippen molar-refractivity contribution < 1.29 is 13.5 Å². The molecule has 0 radical (unpaired) electrons. The van der Waals surface area contributed by atoms with Crippen LogP contribution >= 0.6 is 0 Å². The van der Waals surface area contributed by atoms with Crippen molar-refractivity contribution in [1.82, 2.24) is 24.6 Å². The third-order valence-corrected chi connectivity index (χ3v) is 5.41. The van der Waals surface area contributed by atoms with Crippen LogP contribution in [0, 0.1) is 0 Å². The molecule has 1 aliphatic carbocycles. The Bertz CT molecular complexity index is 843. The van der Waals surface area contributed by atoms with Gasteiger partial charge in [-0.1, -0.05) is 0 Å². The number of halogens is 2.